The lowest BCUT2D eigenvalue weighted by atomic mass is 9.85. The van der Waals surface area contributed by atoms with Crippen LogP contribution in [0.15, 0.2) is 60.8 Å². The van der Waals surface area contributed by atoms with Gasteiger partial charge in [0.25, 0.3) is 0 Å². The molecule has 19 heteroatoms. The lowest BCUT2D eigenvalue weighted by molar-refractivity contribution is -0.216. The Morgan fingerprint density at radius 2 is 1.01 bits per heavy atom. The minimum atomic E-state index is -5.38. The molecule has 1 heterocycles. The smallest absolute Gasteiger partial charge is 0.462 e. The molecule has 0 aromatic carbocycles. The Balaban J connectivity index is 1.77. The van der Waals surface area contributed by atoms with Crippen LogP contribution in [0.25, 0.3) is 0 Å². The van der Waals surface area contributed by atoms with Crippen LogP contribution in [-0.2, 0) is 46.5 Å². The van der Waals surface area contributed by atoms with Gasteiger partial charge in [-0.25, -0.2) is 9.13 Å². The minimum absolute atomic E-state index is 0.0231. The molecule has 17 nitrogen and oxygen atoms in total. The zero-order valence-corrected chi connectivity index (χ0v) is 43.7. The van der Waals surface area contributed by atoms with E-state index in [4.69, 9.17) is 23.3 Å². The molecule has 70 heavy (non-hydrogen) atoms. The molecule has 7 N–H and O–H groups in total. The van der Waals surface area contributed by atoms with Crippen molar-refractivity contribution in [1.29, 1.82) is 0 Å². The summed E-state index contributed by atoms with van der Waals surface area (Å²) in [6.07, 6.45) is 32.0. The average Bonchev–Trinajstić information content (AvgIpc) is 4.07. The summed E-state index contributed by atoms with van der Waals surface area (Å²) in [6.45, 7) is 3.01. The van der Waals surface area contributed by atoms with Crippen molar-refractivity contribution >= 4 is 27.6 Å². The molecular formula is C51H88O17P2. The number of aliphatic hydroxyl groups excluding tert-OH is 4. The number of phosphoric acid groups is 2. The lowest BCUT2D eigenvalue weighted by Crippen LogP contribution is -2.64. The van der Waals surface area contributed by atoms with E-state index in [2.05, 4.69) is 67.0 Å². The predicted octanol–water partition coefficient (Wildman–Crippen LogP) is 9.61. The van der Waals surface area contributed by atoms with E-state index in [1.165, 1.54) is 57.8 Å². The maximum atomic E-state index is 13.0. The molecule has 1 saturated carbocycles. The number of esters is 2. The van der Waals surface area contributed by atoms with Gasteiger partial charge in [-0.3, -0.25) is 23.2 Å². The molecule has 0 bridgehead atoms. The zero-order valence-electron chi connectivity index (χ0n) is 41.9. The van der Waals surface area contributed by atoms with Crippen molar-refractivity contribution in [1.82, 2.24) is 0 Å². The summed E-state index contributed by atoms with van der Waals surface area (Å²) in [5.74, 6) is -1.28. The van der Waals surface area contributed by atoms with Gasteiger partial charge in [0.15, 0.2) is 6.10 Å². The van der Waals surface area contributed by atoms with E-state index in [1.54, 1.807) is 0 Å². The topological polar surface area (TPSA) is 269 Å². The van der Waals surface area contributed by atoms with E-state index < -0.39 is 83.5 Å². The first-order chi connectivity index (χ1) is 33.6. The largest absolute Gasteiger partial charge is 0.472 e. The van der Waals surface area contributed by atoms with Crippen molar-refractivity contribution in [2.75, 3.05) is 13.2 Å². The Bertz CT molecular complexity index is 1650. The summed E-state index contributed by atoms with van der Waals surface area (Å²) in [5.41, 5.74) is 0. The Labute approximate surface area is 417 Å². The van der Waals surface area contributed by atoms with Crippen molar-refractivity contribution in [2.45, 2.75) is 236 Å². The molecule has 0 spiro atoms. The van der Waals surface area contributed by atoms with Gasteiger partial charge in [-0.05, 0) is 77.0 Å². The molecule has 1 aliphatic heterocycles. The second kappa shape index (κ2) is 38.3. The lowest BCUT2D eigenvalue weighted by Gasteiger charge is -2.43. The number of hydrogen-bond acceptors (Lipinski definition) is 14. The van der Waals surface area contributed by atoms with Crippen molar-refractivity contribution in [2.24, 2.45) is 0 Å². The van der Waals surface area contributed by atoms with E-state index in [1.807, 2.05) is 12.2 Å². The SMILES string of the molecule is CCCCC/C=C\C/C=C\CCCCCCCCCCCC(=O)O[C@H](COC(=O)CCC/C=C\C/C=C\C/C=C\CC1OC1CCCCC)COP(=O)(O)O[C@H]1C(O)C(O)C(O)[C@@H](OP(=O)(O)O)C1O. The number of unbranched alkanes of at least 4 members (excludes halogenated alkanes) is 15. The fourth-order valence-corrected chi connectivity index (χ4v) is 9.39. The van der Waals surface area contributed by atoms with Gasteiger partial charge in [-0.15, -0.1) is 0 Å². The zero-order chi connectivity index (χ0) is 51.5. The molecule has 2 rings (SSSR count). The highest BCUT2D eigenvalue weighted by Gasteiger charge is 2.54. The Kier molecular flexibility index (Phi) is 34.9. The molecule has 404 valence electrons. The van der Waals surface area contributed by atoms with Crippen LogP contribution in [0, 0.1) is 0 Å². The van der Waals surface area contributed by atoms with Crippen molar-refractivity contribution in [3.05, 3.63) is 60.8 Å². The van der Waals surface area contributed by atoms with Gasteiger partial charge in [0.2, 0.25) is 0 Å². The maximum Gasteiger partial charge on any atom is 0.472 e. The molecule has 1 saturated heterocycles. The monoisotopic (exact) mass is 1030 g/mol. The van der Waals surface area contributed by atoms with Crippen LogP contribution in [0.4, 0.5) is 0 Å². The van der Waals surface area contributed by atoms with Crippen molar-refractivity contribution < 1.29 is 81.6 Å². The molecule has 1 aliphatic carbocycles. The predicted molar refractivity (Wildman–Crippen MR) is 268 cm³/mol. The fourth-order valence-electron chi connectivity index (χ4n) is 7.85. The number of ether oxygens (including phenoxy) is 3. The van der Waals surface area contributed by atoms with E-state index in [0.717, 1.165) is 77.0 Å². The molecular weight excluding hydrogens is 946 g/mol. The van der Waals surface area contributed by atoms with Crippen LogP contribution < -0.4 is 0 Å². The maximum absolute atomic E-state index is 13.0. The van der Waals surface area contributed by atoms with Crippen LogP contribution in [-0.4, -0.2) is 115 Å². The number of carbonyl (C=O) groups excluding carboxylic acids is 2. The first-order valence-corrected chi connectivity index (χ1v) is 29.0. The first-order valence-electron chi connectivity index (χ1n) is 26.0. The van der Waals surface area contributed by atoms with Crippen LogP contribution in [0.5, 0.6) is 0 Å². The molecule has 0 radical (unpaired) electrons. The molecule has 0 aromatic rings. The van der Waals surface area contributed by atoms with Crippen LogP contribution in [0.2, 0.25) is 0 Å². The summed E-state index contributed by atoms with van der Waals surface area (Å²) < 4.78 is 55.2. The van der Waals surface area contributed by atoms with Gasteiger partial charge < -0.3 is 49.3 Å². The van der Waals surface area contributed by atoms with E-state index in [-0.39, 0.29) is 12.8 Å². The summed E-state index contributed by atoms with van der Waals surface area (Å²) in [6, 6.07) is 0. The number of allylic oxidation sites excluding steroid dienone is 9. The summed E-state index contributed by atoms with van der Waals surface area (Å²) in [5, 5.41) is 41.3. The standard InChI is InChI=1S/C51H88O17P2/c1-3-5-7-8-9-10-11-12-13-14-15-16-17-18-19-24-27-30-34-38-45(53)65-41(40-64-70(61,62)68-51-48(56)46(54)47(55)50(49(51)57)67-69(58,59)60)39-63-44(52)37-33-29-26-23-21-20-22-25-28-32-36-43-42(66-43)35-31-6-4-2/h9-10,12-13,20,22-23,26,28,32,41-43,46-51,54-57H,3-8,11,14-19,21,24-25,27,29-31,33-40H2,1-2H3,(H,61,62)(H2,58,59,60)/b10-9-,13-12-,22-20-,26-23-,32-28-/t41-,42?,43?,46?,47?,48?,49?,50-,51+/m1/s1. The van der Waals surface area contributed by atoms with Gasteiger partial charge in [0, 0.05) is 12.8 Å². The molecule has 2 aliphatic rings. The van der Waals surface area contributed by atoms with Gasteiger partial charge in [0.1, 0.15) is 43.2 Å². The molecule has 7 unspecified atom stereocenters. The number of aliphatic hydroxyl groups is 4. The van der Waals surface area contributed by atoms with Crippen LogP contribution in [0.3, 0.4) is 0 Å². The van der Waals surface area contributed by atoms with Crippen molar-refractivity contribution in [3.8, 4) is 0 Å². The van der Waals surface area contributed by atoms with Gasteiger partial charge in [-0.1, -0.05) is 152 Å². The third-order valence-electron chi connectivity index (χ3n) is 12.0. The third-order valence-corrected chi connectivity index (χ3v) is 13.5. The summed E-state index contributed by atoms with van der Waals surface area (Å²) >= 11 is 0. The quantitative estimate of drug-likeness (QED) is 0.00986. The number of hydrogen-bond donors (Lipinski definition) is 7. The minimum Gasteiger partial charge on any atom is -0.462 e. The molecule has 2 fully saturated rings. The van der Waals surface area contributed by atoms with E-state index in [9.17, 15) is 53.8 Å². The molecule has 10 atom stereocenters. The Morgan fingerprint density at radius 3 is 1.60 bits per heavy atom. The number of carbonyl (C=O) groups is 2. The normalized spacial score (nSPS) is 24.4. The Morgan fingerprint density at radius 1 is 0.529 bits per heavy atom. The highest BCUT2D eigenvalue weighted by Crippen LogP contribution is 2.49. The van der Waals surface area contributed by atoms with E-state index in [0.29, 0.717) is 31.5 Å². The number of rotatable bonds is 42. The summed E-state index contributed by atoms with van der Waals surface area (Å²) in [7, 11) is -10.7. The summed E-state index contributed by atoms with van der Waals surface area (Å²) in [4.78, 5) is 54.4. The first kappa shape index (κ1) is 63.8. The second-order valence-corrected chi connectivity index (χ2v) is 20.9. The average molecular weight is 1040 g/mol. The fraction of sp³-hybridized carbons (Fsp3) is 0.765. The molecule has 0 amide bonds. The third kappa shape index (κ3) is 31.3. The van der Waals surface area contributed by atoms with Crippen molar-refractivity contribution in [3.63, 3.8) is 0 Å². The molecule has 0 aromatic heterocycles. The van der Waals surface area contributed by atoms with Crippen LogP contribution in [0.1, 0.15) is 181 Å². The second-order valence-electron chi connectivity index (χ2n) is 18.3. The highest BCUT2D eigenvalue weighted by atomic mass is 31.2. The number of epoxide rings is 1. The van der Waals surface area contributed by atoms with Gasteiger partial charge in [-0.2, -0.15) is 0 Å². The van der Waals surface area contributed by atoms with Gasteiger partial charge >= 0.3 is 27.6 Å². The van der Waals surface area contributed by atoms with Crippen LogP contribution >= 0.6 is 15.6 Å². The van der Waals surface area contributed by atoms with Gasteiger partial charge in [0.05, 0.1) is 18.8 Å². The van der Waals surface area contributed by atoms with E-state index >= 15 is 0 Å². The number of phosphoric ester groups is 2. The highest BCUT2D eigenvalue weighted by molar-refractivity contribution is 7.47. The Hall–Kier alpha value is -2.34.